The summed E-state index contributed by atoms with van der Waals surface area (Å²) in [5.41, 5.74) is 12.3. The second-order valence-electron chi connectivity index (χ2n) is 4.53. The van der Waals surface area contributed by atoms with Gasteiger partial charge in [-0.25, -0.2) is 0 Å². The van der Waals surface area contributed by atoms with Crippen molar-refractivity contribution in [2.45, 2.75) is 19.4 Å². The molecule has 0 radical (unpaired) electrons. The minimum Gasteiger partial charge on any atom is -0.367 e. The van der Waals surface area contributed by atoms with Crippen molar-refractivity contribution in [3.63, 3.8) is 0 Å². The van der Waals surface area contributed by atoms with E-state index in [1.807, 2.05) is 6.07 Å². The Morgan fingerprint density at radius 2 is 2.41 bits per heavy atom. The van der Waals surface area contributed by atoms with Crippen LogP contribution in [0.2, 0.25) is 0 Å². The van der Waals surface area contributed by atoms with Gasteiger partial charge >= 0.3 is 0 Å². The lowest BCUT2D eigenvalue weighted by atomic mass is 10.0. The van der Waals surface area contributed by atoms with Crippen LogP contribution >= 0.6 is 0 Å². The van der Waals surface area contributed by atoms with Gasteiger partial charge in [0.15, 0.2) is 0 Å². The number of aromatic nitrogens is 1. The van der Waals surface area contributed by atoms with E-state index in [1.54, 1.807) is 12.3 Å². The third kappa shape index (κ3) is 2.24. The standard InChI is InChI=1S/C12H18N4O/c1-8-3-5-16(11(8)7-13)9-2-4-15-10(6-9)12(14)17/h2,4,6,8,11H,3,5,7,13H2,1H3,(H2,14,17). The predicted octanol–water partition coefficient (Wildman–Crippen LogP) is 0.354. The Hall–Kier alpha value is -1.62. The van der Waals surface area contributed by atoms with Crippen molar-refractivity contribution in [1.29, 1.82) is 0 Å². The summed E-state index contributed by atoms with van der Waals surface area (Å²) < 4.78 is 0. The molecule has 2 unspecified atom stereocenters. The maximum atomic E-state index is 11.1. The first kappa shape index (κ1) is 11.9. The summed E-state index contributed by atoms with van der Waals surface area (Å²) in [6.07, 6.45) is 2.74. The zero-order chi connectivity index (χ0) is 12.4. The summed E-state index contributed by atoms with van der Waals surface area (Å²) in [7, 11) is 0. The number of hydrogen-bond donors (Lipinski definition) is 2. The summed E-state index contributed by atoms with van der Waals surface area (Å²) in [5, 5.41) is 0. The van der Waals surface area contributed by atoms with Gasteiger partial charge < -0.3 is 16.4 Å². The molecule has 1 amide bonds. The SMILES string of the molecule is CC1CCN(c2ccnc(C(N)=O)c2)C1CN. The summed E-state index contributed by atoms with van der Waals surface area (Å²) in [6.45, 7) is 3.79. The van der Waals surface area contributed by atoms with Crippen LogP contribution in [0.5, 0.6) is 0 Å². The molecule has 92 valence electrons. The highest BCUT2D eigenvalue weighted by Gasteiger charge is 2.30. The number of nitrogens with zero attached hydrogens (tertiary/aromatic N) is 2. The number of carbonyl (C=O) groups excluding carboxylic acids is 1. The van der Waals surface area contributed by atoms with Gasteiger partial charge in [0.1, 0.15) is 5.69 Å². The number of carbonyl (C=O) groups is 1. The zero-order valence-electron chi connectivity index (χ0n) is 9.97. The molecule has 1 aromatic rings. The van der Waals surface area contributed by atoms with Gasteiger partial charge in [-0.2, -0.15) is 0 Å². The fourth-order valence-electron chi connectivity index (χ4n) is 2.42. The van der Waals surface area contributed by atoms with E-state index in [9.17, 15) is 4.79 Å². The second-order valence-corrected chi connectivity index (χ2v) is 4.53. The highest BCUT2D eigenvalue weighted by atomic mass is 16.1. The molecule has 0 aromatic carbocycles. The topological polar surface area (TPSA) is 85.2 Å². The zero-order valence-corrected chi connectivity index (χ0v) is 9.97. The van der Waals surface area contributed by atoms with Gasteiger partial charge in [0.25, 0.3) is 5.91 Å². The number of nitrogens with two attached hydrogens (primary N) is 2. The van der Waals surface area contributed by atoms with Crippen LogP contribution in [0.15, 0.2) is 18.3 Å². The molecule has 1 fully saturated rings. The Kier molecular flexibility index (Phi) is 3.28. The van der Waals surface area contributed by atoms with Gasteiger partial charge in [-0.15, -0.1) is 0 Å². The van der Waals surface area contributed by atoms with Gasteiger partial charge in [0.2, 0.25) is 0 Å². The highest BCUT2D eigenvalue weighted by molar-refractivity contribution is 5.91. The van der Waals surface area contributed by atoms with E-state index in [0.29, 0.717) is 24.2 Å². The van der Waals surface area contributed by atoms with E-state index in [1.165, 1.54) is 0 Å². The number of primary amides is 1. The minimum atomic E-state index is -0.497. The van der Waals surface area contributed by atoms with Gasteiger partial charge in [0.05, 0.1) is 0 Å². The van der Waals surface area contributed by atoms with Crippen molar-refractivity contribution >= 4 is 11.6 Å². The van der Waals surface area contributed by atoms with Crippen LogP contribution in [-0.4, -0.2) is 30.0 Å². The van der Waals surface area contributed by atoms with Crippen molar-refractivity contribution in [1.82, 2.24) is 4.98 Å². The molecule has 1 aliphatic rings. The van der Waals surface area contributed by atoms with E-state index in [4.69, 9.17) is 11.5 Å². The van der Waals surface area contributed by atoms with Crippen molar-refractivity contribution in [3.8, 4) is 0 Å². The van der Waals surface area contributed by atoms with Gasteiger partial charge in [-0.05, 0) is 24.5 Å². The largest absolute Gasteiger partial charge is 0.367 e. The Labute approximate surface area is 101 Å². The molecular weight excluding hydrogens is 216 g/mol. The average Bonchev–Trinajstić information content (AvgIpc) is 2.70. The Morgan fingerprint density at radius 1 is 1.65 bits per heavy atom. The summed E-state index contributed by atoms with van der Waals surface area (Å²) in [5.74, 6) is 0.0774. The summed E-state index contributed by atoms with van der Waals surface area (Å²) in [4.78, 5) is 17.3. The lowest BCUT2D eigenvalue weighted by Crippen LogP contribution is -2.38. The van der Waals surface area contributed by atoms with Crippen LogP contribution in [0.1, 0.15) is 23.8 Å². The average molecular weight is 234 g/mol. The number of anilines is 1. The molecular formula is C12H18N4O. The fourth-order valence-corrected chi connectivity index (χ4v) is 2.42. The highest BCUT2D eigenvalue weighted by Crippen LogP contribution is 2.28. The van der Waals surface area contributed by atoms with Crippen LogP contribution in [0.4, 0.5) is 5.69 Å². The van der Waals surface area contributed by atoms with E-state index < -0.39 is 5.91 Å². The van der Waals surface area contributed by atoms with Crippen molar-refractivity contribution in [2.24, 2.45) is 17.4 Å². The number of hydrogen-bond acceptors (Lipinski definition) is 4. The third-order valence-electron chi connectivity index (χ3n) is 3.45. The lowest BCUT2D eigenvalue weighted by Gasteiger charge is -2.27. The summed E-state index contributed by atoms with van der Waals surface area (Å²) in [6, 6.07) is 3.97. The quantitative estimate of drug-likeness (QED) is 0.790. The molecule has 0 saturated carbocycles. The second kappa shape index (κ2) is 4.71. The van der Waals surface area contributed by atoms with Crippen molar-refractivity contribution in [3.05, 3.63) is 24.0 Å². The molecule has 5 nitrogen and oxygen atoms in total. The Morgan fingerprint density at radius 3 is 3.06 bits per heavy atom. The fraction of sp³-hybridized carbons (Fsp3) is 0.500. The molecule has 17 heavy (non-hydrogen) atoms. The van der Waals surface area contributed by atoms with Gasteiger partial charge in [-0.3, -0.25) is 9.78 Å². The van der Waals surface area contributed by atoms with Crippen LogP contribution < -0.4 is 16.4 Å². The van der Waals surface area contributed by atoms with Crippen LogP contribution in [0.25, 0.3) is 0 Å². The van der Waals surface area contributed by atoms with Crippen LogP contribution in [0, 0.1) is 5.92 Å². The smallest absolute Gasteiger partial charge is 0.267 e. The summed E-state index contributed by atoms with van der Waals surface area (Å²) >= 11 is 0. The molecule has 0 aliphatic carbocycles. The first-order valence-corrected chi connectivity index (χ1v) is 5.86. The molecule has 5 heteroatoms. The van der Waals surface area contributed by atoms with Crippen LogP contribution in [-0.2, 0) is 0 Å². The van der Waals surface area contributed by atoms with E-state index in [-0.39, 0.29) is 0 Å². The molecule has 0 spiro atoms. The van der Waals surface area contributed by atoms with Crippen molar-refractivity contribution < 1.29 is 4.79 Å². The molecule has 2 rings (SSSR count). The van der Waals surface area contributed by atoms with E-state index in [0.717, 1.165) is 18.7 Å². The lowest BCUT2D eigenvalue weighted by molar-refractivity contribution is 0.0995. The Bertz CT molecular complexity index is 421. The normalized spacial score (nSPS) is 24.0. The molecule has 0 bridgehead atoms. The monoisotopic (exact) mass is 234 g/mol. The van der Waals surface area contributed by atoms with E-state index >= 15 is 0 Å². The molecule has 2 atom stereocenters. The maximum absolute atomic E-state index is 11.1. The number of amides is 1. The van der Waals surface area contributed by atoms with Crippen LogP contribution in [0.3, 0.4) is 0 Å². The van der Waals surface area contributed by atoms with Gasteiger partial charge in [0, 0.05) is 31.0 Å². The molecule has 1 aliphatic heterocycles. The Balaban J connectivity index is 2.28. The first-order chi connectivity index (χ1) is 8.13. The predicted molar refractivity (Wildman–Crippen MR) is 66.7 cm³/mol. The maximum Gasteiger partial charge on any atom is 0.267 e. The molecule has 1 saturated heterocycles. The van der Waals surface area contributed by atoms with Crippen molar-refractivity contribution in [2.75, 3.05) is 18.0 Å². The van der Waals surface area contributed by atoms with E-state index in [2.05, 4.69) is 16.8 Å². The van der Waals surface area contributed by atoms with Gasteiger partial charge in [-0.1, -0.05) is 6.92 Å². The third-order valence-corrected chi connectivity index (χ3v) is 3.45. The first-order valence-electron chi connectivity index (χ1n) is 5.86. The number of pyridine rings is 1. The number of rotatable bonds is 3. The molecule has 4 N–H and O–H groups in total. The molecule has 1 aromatic heterocycles. The molecule has 2 heterocycles. The minimum absolute atomic E-state index is 0.304.